The highest BCUT2D eigenvalue weighted by Gasteiger charge is 2.32. The smallest absolute Gasteiger partial charge is 0.254 e. The molecule has 0 spiro atoms. The van der Waals surface area contributed by atoms with Gasteiger partial charge in [0.1, 0.15) is 24.9 Å². The Morgan fingerprint density at radius 1 is 1.17 bits per heavy atom. The Kier molecular flexibility index (Phi) is 4.94. The van der Waals surface area contributed by atoms with E-state index in [2.05, 4.69) is 17.3 Å². The molecule has 1 N–H and O–H groups in total. The second-order valence-electron chi connectivity index (χ2n) is 8.19. The number of nitrogens with zero attached hydrogens (tertiary/aromatic N) is 4. The summed E-state index contributed by atoms with van der Waals surface area (Å²) in [5.74, 6) is 3.28. The average molecular weight is 409 g/mol. The minimum Gasteiger partial charge on any atom is -0.486 e. The Labute approximate surface area is 176 Å². The van der Waals surface area contributed by atoms with Gasteiger partial charge in [0.25, 0.3) is 5.91 Å². The van der Waals surface area contributed by atoms with Crippen LogP contribution in [0.1, 0.15) is 39.8 Å². The Morgan fingerprint density at radius 2 is 2.00 bits per heavy atom. The first-order valence-corrected chi connectivity index (χ1v) is 10.6. The standard InChI is InChI=1S/C22H27N5O3/c1-23-21-16-13-26(2)7-6-17(16)24-20(25-21)15-5-8-27(12-15)22(28)14-3-4-18-19(11-14)30-10-9-29-18/h3-4,11,15H,5-10,12-13H2,1-2H3,(H,23,24,25)/t15-/m0/s1. The molecule has 0 aliphatic carbocycles. The van der Waals surface area contributed by atoms with Gasteiger partial charge in [-0.15, -0.1) is 0 Å². The molecule has 3 aliphatic rings. The molecule has 8 heteroatoms. The molecule has 1 aromatic heterocycles. The molecule has 0 unspecified atom stereocenters. The van der Waals surface area contributed by atoms with E-state index in [0.717, 1.165) is 43.3 Å². The highest BCUT2D eigenvalue weighted by molar-refractivity contribution is 5.95. The fourth-order valence-corrected chi connectivity index (χ4v) is 4.47. The third kappa shape index (κ3) is 3.45. The number of aromatic nitrogens is 2. The summed E-state index contributed by atoms with van der Waals surface area (Å²) in [7, 11) is 4.03. The Bertz CT molecular complexity index is 962. The van der Waals surface area contributed by atoms with Gasteiger partial charge >= 0.3 is 0 Å². The van der Waals surface area contributed by atoms with Crippen molar-refractivity contribution in [2.24, 2.45) is 0 Å². The van der Waals surface area contributed by atoms with Crippen molar-refractivity contribution in [3.8, 4) is 11.5 Å². The van der Waals surface area contributed by atoms with E-state index in [9.17, 15) is 4.79 Å². The summed E-state index contributed by atoms with van der Waals surface area (Å²) in [4.78, 5) is 27.0. The quantitative estimate of drug-likeness (QED) is 0.829. The summed E-state index contributed by atoms with van der Waals surface area (Å²) >= 11 is 0. The van der Waals surface area contributed by atoms with Crippen molar-refractivity contribution >= 4 is 11.7 Å². The van der Waals surface area contributed by atoms with Crippen molar-refractivity contribution in [3.63, 3.8) is 0 Å². The topological polar surface area (TPSA) is 79.8 Å². The largest absolute Gasteiger partial charge is 0.486 e. The van der Waals surface area contributed by atoms with Crippen LogP contribution in [0.2, 0.25) is 0 Å². The van der Waals surface area contributed by atoms with Gasteiger partial charge in [-0.05, 0) is 31.7 Å². The van der Waals surface area contributed by atoms with E-state index in [1.54, 1.807) is 6.07 Å². The molecule has 158 valence electrons. The normalized spacial score (nSPS) is 20.7. The van der Waals surface area contributed by atoms with Crippen LogP contribution in [0.25, 0.3) is 0 Å². The van der Waals surface area contributed by atoms with Crippen LogP contribution in [0.5, 0.6) is 11.5 Å². The Hall–Kier alpha value is -2.87. The van der Waals surface area contributed by atoms with Crippen LogP contribution >= 0.6 is 0 Å². The van der Waals surface area contributed by atoms with Gasteiger partial charge in [0.05, 0.1) is 5.69 Å². The lowest BCUT2D eigenvalue weighted by atomic mass is 10.0. The molecular formula is C22H27N5O3. The maximum absolute atomic E-state index is 13.1. The molecule has 1 atom stereocenters. The molecule has 5 rings (SSSR count). The fraction of sp³-hybridized carbons (Fsp3) is 0.500. The first-order valence-electron chi connectivity index (χ1n) is 10.6. The molecule has 0 radical (unpaired) electrons. The number of carbonyl (C=O) groups is 1. The number of fused-ring (bicyclic) bond motifs is 2. The number of benzene rings is 1. The zero-order chi connectivity index (χ0) is 20.7. The van der Waals surface area contributed by atoms with Crippen molar-refractivity contribution in [2.45, 2.75) is 25.3 Å². The molecule has 8 nitrogen and oxygen atoms in total. The van der Waals surface area contributed by atoms with Crippen LogP contribution in [0, 0.1) is 0 Å². The number of amides is 1. The van der Waals surface area contributed by atoms with Crippen molar-refractivity contribution in [3.05, 3.63) is 40.8 Å². The van der Waals surface area contributed by atoms with Gasteiger partial charge in [-0.1, -0.05) is 0 Å². The molecule has 0 saturated carbocycles. The maximum atomic E-state index is 13.1. The van der Waals surface area contributed by atoms with E-state index >= 15 is 0 Å². The zero-order valence-electron chi connectivity index (χ0n) is 17.5. The molecule has 4 heterocycles. The minimum absolute atomic E-state index is 0.0166. The van der Waals surface area contributed by atoms with Crippen LogP contribution in [0.3, 0.4) is 0 Å². The Morgan fingerprint density at radius 3 is 2.83 bits per heavy atom. The van der Waals surface area contributed by atoms with Crippen LogP contribution in [-0.2, 0) is 13.0 Å². The summed E-state index contributed by atoms with van der Waals surface area (Å²) in [5, 5.41) is 3.24. The van der Waals surface area contributed by atoms with Gasteiger partial charge < -0.3 is 24.6 Å². The molecule has 30 heavy (non-hydrogen) atoms. The van der Waals surface area contributed by atoms with Crippen LogP contribution < -0.4 is 14.8 Å². The first kappa shape index (κ1) is 19.1. The predicted octanol–water partition coefficient (Wildman–Crippen LogP) is 1.91. The number of anilines is 1. The van der Waals surface area contributed by atoms with Gasteiger partial charge in [0, 0.05) is 56.7 Å². The second kappa shape index (κ2) is 7.75. The van der Waals surface area contributed by atoms with Crippen molar-refractivity contribution in [2.75, 3.05) is 52.3 Å². The molecular weight excluding hydrogens is 382 g/mol. The highest BCUT2D eigenvalue weighted by Crippen LogP contribution is 2.33. The molecule has 1 saturated heterocycles. The van der Waals surface area contributed by atoms with Crippen LogP contribution in [0.4, 0.5) is 5.82 Å². The molecule has 0 bridgehead atoms. The molecule has 3 aliphatic heterocycles. The average Bonchev–Trinajstić information content (AvgIpc) is 3.28. The number of likely N-dealkylation sites (N-methyl/N-ethyl adjacent to an activating group) is 1. The predicted molar refractivity (Wildman–Crippen MR) is 112 cm³/mol. The minimum atomic E-state index is 0.0166. The third-order valence-electron chi connectivity index (χ3n) is 6.13. The fourth-order valence-electron chi connectivity index (χ4n) is 4.47. The van der Waals surface area contributed by atoms with Crippen LogP contribution in [-0.4, -0.2) is 72.6 Å². The SMILES string of the molecule is CNc1nc([C@H]2CCN(C(=O)c3ccc4c(c3)OCCO4)C2)nc2c1CN(C)CC2. The van der Waals surface area contributed by atoms with E-state index < -0.39 is 0 Å². The molecule has 1 amide bonds. The monoisotopic (exact) mass is 409 g/mol. The van der Waals surface area contributed by atoms with Crippen LogP contribution in [0.15, 0.2) is 18.2 Å². The number of carbonyl (C=O) groups excluding carboxylic acids is 1. The lowest BCUT2D eigenvalue weighted by Gasteiger charge is -2.26. The Balaban J connectivity index is 1.34. The van der Waals surface area contributed by atoms with Gasteiger partial charge in [-0.25, -0.2) is 9.97 Å². The highest BCUT2D eigenvalue weighted by atomic mass is 16.6. The zero-order valence-corrected chi connectivity index (χ0v) is 17.5. The summed E-state index contributed by atoms with van der Waals surface area (Å²) in [6.45, 7) is 4.26. The van der Waals surface area contributed by atoms with Crippen molar-refractivity contribution in [1.29, 1.82) is 0 Å². The van der Waals surface area contributed by atoms with Crippen molar-refractivity contribution < 1.29 is 14.3 Å². The second-order valence-corrected chi connectivity index (χ2v) is 8.19. The maximum Gasteiger partial charge on any atom is 0.254 e. The van der Waals surface area contributed by atoms with E-state index in [0.29, 0.717) is 43.4 Å². The number of rotatable bonds is 3. The summed E-state index contributed by atoms with van der Waals surface area (Å²) in [6, 6.07) is 5.42. The molecule has 1 aromatic carbocycles. The lowest BCUT2D eigenvalue weighted by molar-refractivity contribution is 0.0789. The number of likely N-dealkylation sites (tertiary alicyclic amines) is 1. The summed E-state index contributed by atoms with van der Waals surface area (Å²) < 4.78 is 11.2. The van der Waals surface area contributed by atoms with E-state index in [-0.39, 0.29) is 11.8 Å². The van der Waals surface area contributed by atoms with Gasteiger partial charge in [0.2, 0.25) is 0 Å². The first-order chi connectivity index (χ1) is 14.6. The molecule has 2 aromatic rings. The van der Waals surface area contributed by atoms with Gasteiger partial charge in [0.15, 0.2) is 11.5 Å². The summed E-state index contributed by atoms with van der Waals surface area (Å²) in [5.41, 5.74) is 2.96. The van der Waals surface area contributed by atoms with Gasteiger partial charge in [-0.3, -0.25) is 4.79 Å². The van der Waals surface area contributed by atoms with Crippen molar-refractivity contribution in [1.82, 2.24) is 19.8 Å². The lowest BCUT2D eigenvalue weighted by Crippen LogP contribution is -2.30. The van der Waals surface area contributed by atoms with E-state index in [4.69, 9.17) is 19.4 Å². The number of ether oxygens (including phenoxy) is 2. The number of hydrogen-bond acceptors (Lipinski definition) is 7. The molecule has 1 fully saturated rings. The van der Waals surface area contributed by atoms with E-state index in [1.165, 1.54) is 5.56 Å². The van der Waals surface area contributed by atoms with E-state index in [1.807, 2.05) is 24.1 Å². The number of hydrogen-bond donors (Lipinski definition) is 1. The summed E-state index contributed by atoms with van der Waals surface area (Å²) in [6.07, 6.45) is 1.81. The third-order valence-corrected chi connectivity index (χ3v) is 6.13. The number of nitrogens with one attached hydrogen (secondary N) is 1. The van der Waals surface area contributed by atoms with Gasteiger partial charge in [-0.2, -0.15) is 0 Å².